The van der Waals surface area contributed by atoms with E-state index in [1.165, 1.54) is 6.92 Å². The highest BCUT2D eigenvalue weighted by atomic mass is 16.4. The summed E-state index contributed by atoms with van der Waals surface area (Å²) >= 11 is 0. The van der Waals surface area contributed by atoms with Crippen LogP contribution in [0.3, 0.4) is 0 Å². The Kier molecular flexibility index (Phi) is 3.78. The summed E-state index contributed by atoms with van der Waals surface area (Å²) in [6.45, 7) is 1.16. The summed E-state index contributed by atoms with van der Waals surface area (Å²) in [7, 11) is 0. The molecule has 0 aliphatic carbocycles. The smallest absolute Gasteiger partial charge is 0.327 e. The third-order valence-electron chi connectivity index (χ3n) is 0.608. The second-order valence-corrected chi connectivity index (χ2v) is 1.47. The van der Waals surface area contributed by atoms with Crippen LogP contribution in [0.2, 0.25) is 0 Å². The summed E-state index contributed by atoms with van der Waals surface area (Å²) in [5, 5.41) is 17.8. The molecule has 6 nitrogen and oxygen atoms in total. The highest BCUT2D eigenvalue weighted by Crippen LogP contribution is 1.79. The van der Waals surface area contributed by atoms with E-state index in [-0.39, 0.29) is 12.4 Å². The van der Waals surface area contributed by atoms with E-state index >= 15 is 0 Å². The number of azo groups is 1. The van der Waals surface area contributed by atoms with Crippen molar-refractivity contribution in [3.8, 4) is 0 Å². The van der Waals surface area contributed by atoms with Gasteiger partial charge in [-0.1, -0.05) is 0 Å². The number of nitrogens with zero attached hydrogens (tertiary/aromatic N) is 3. The number of rotatable bonds is 2. The first-order valence-electron chi connectivity index (χ1n) is 2.50. The molecule has 0 aliphatic rings. The van der Waals surface area contributed by atoms with Gasteiger partial charge < -0.3 is 10.9 Å². The standard InChI is InChI=1S/C4H8N4O2/c1-3(7-5)8-6-2-4(9)10/h2,5H2,1H3,(H,9,10). The molecular weight excluding hydrogens is 136 g/mol. The number of amidine groups is 1. The van der Waals surface area contributed by atoms with Crippen LogP contribution in [-0.4, -0.2) is 23.5 Å². The number of carboxylic acids is 1. The number of nitrogens with two attached hydrogens (primary N) is 1. The van der Waals surface area contributed by atoms with E-state index in [9.17, 15) is 4.79 Å². The fourth-order valence-corrected chi connectivity index (χ4v) is 0.224. The predicted octanol–water partition coefficient (Wildman–Crippen LogP) is -0.185. The first kappa shape index (κ1) is 8.54. The fraction of sp³-hybridized carbons (Fsp3) is 0.500. The predicted molar refractivity (Wildman–Crippen MR) is 34.7 cm³/mol. The molecule has 3 N–H and O–H groups in total. The summed E-state index contributed by atoms with van der Waals surface area (Å²) in [5.74, 6) is 3.99. The second kappa shape index (κ2) is 4.42. The molecule has 0 saturated heterocycles. The molecule has 0 aromatic rings. The van der Waals surface area contributed by atoms with Gasteiger partial charge in [-0.3, -0.25) is 4.79 Å². The van der Waals surface area contributed by atoms with E-state index in [2.05, 4.69) is 15.3 Å². The van der Waals surface area contributed by atoms with Gasteiger partial charge in [0.15, 0.2) is 12.4 Å². The quantitative estimate of drug-likeness (QED) is 0.185. The van der Waals surface area contributed by atoms with Crippen molar-refractivity contribution in [3.63, 3.8) is 0 Å². The van der Waals surface area contributed by atoms with Crippen molar-refractivity contribution in [1.29, 1.82) is 0 Å². The third kappa shape index (κ3) is 4.69. The number of carbonyl (C=O) groups is 1. The molecule has 0 aromatic heterocycles. The minimum Gasteiger partial charge on any atom is -0.480 e. The molecule has 0 aliphatic heterocycles. The second-order valence-electron chi connectivity index (χ2n) is 1.47. The Hall–Kier alpha value is -1.46. The normalized spacial score (nSPS) is 12.3. The molecule has 0 bridgehead atoms. The zero-order valence-electron chi connectivity index (χ0n) is 5.48. The van der Waals surface area contributed by atoms with E-state index < -0.39 is 5.97 Å². The van der Waals surface area contributed by atoms with Crippen molar-refractivity contribution in [2.75, 3.05) is 6.54 Å². The van der Waals surface area contributed by atoms with Crippen LogP contribution >= 0.6 is 0 Å². The summed E-state index contributed by atoms with van der Waals surface area (Å²) < 4.78 is 0. The molecule has 6 heteroatoms. The fourth-order valence-electron chi connectivity index (χ4n) is 0.224. The first-order chi connectivity index (χ1) is 4.66. The van der Waals surface area contributed by atoms with E-state index in [1.807, 2.05) is 0 Å². The summed E-state index contributed by atoms with van der Waals surface area (Å²) in [5.41, 5.74) is 0. The molecule has 0 saturated carbocycles. The Balaban J connectivity index is 3.67. The van der Waals surface area contributed by atoms with Gasteiger partial charge in [0.2, 0.25) is 0 Å². The monoisotopic (exact) mass is 144 g/mol. The lowest BCUT2D eigenvalue weighted by atomic mass is 10.7. The van der Waals surface area contributed by atoms with Crippen molar-refractivity contribution < 1.29 is 9.90 Å². The van der Waals surface area contributed by atoms with E-state index in [1.54, 1.807) is 0 Å². The average molecular weight is 144 g/mol. The zero-order valence-corrected chi connectivity index (χ0v) is 5.48. The van der Waals surface area contributed by atoms with Crippen molar-refractivity contribution in [2.45, 2.75) is 6.92 Å². The number of hydrazone groups is 1. The maximum Gasteiger partial charge on any atom is 0.327 e. The van der Waals surface area contributed by atoms with E-state index in [4.69, 9.17) is 10.9 Å². The number of hydrogen-bond acceptors (Lipinski definition) is 4. The molecule has 0 aromatic carbocycles. The number of carboxylic acid groups (broad SMARTS) is 1. The highest BCUT2D eigenvalue weighted by molar-refractivity contribution is 5.79. The van der Waals surface area contributed by atoms with Crippen LogP contribution in [0.4, 0.5) is 0 Å². The van der Waals surface area contributed by atoms with Crippen molar-refractivity contribution >= 4 is 11.8 Å². The van der Waals surface area contributed by atoms with Gasteiger partial charge in [0.1, 0.15) is 0 Å². The van der Waals surface area contributed by atoms with Gasteiger partial charge in [0.05, 0.1) is 0 Å². The molecule has 0 amide bonds. The highest BCUT2D eigenvalue weighted by Gasteiger charge is 1.90. The summed E-state index contributed by atoms with van der Waals surface area (Å²) in [4.78, 5) is 9.84. The van der Waals surface area contributed by atoms with Crippen molar-refractivity contribution in [3.05, 3.63) is 0 Å². The van der Waals surface area contributed by atoms with Crippen LogP contribution in [-0.2, 0) is 4.79 Å². The van der Waals surface area contributed by atoms with Crippen LogP contribution in [0.1, 0.15) is 6.92 Å². The lowest BCUT2D eigenvalue weighted by molar-refractivity contribution is -0.135. The Morgan fingerprint density at radius 3 is 2.70 bits per heavy atom. The Labute approximate surface area is 57.4 Å². The Bertz CT molecular complexity index is 174. The molecule has 0 radical (unpaired) electrons. The van der Waals surface area contributed by atoms with Gasteiger partial charge in [-0.15, -0.1) is 5.11 Å². The molecule has 0 unspecified atom stereocenters. The van der Waals surface area contributed by atoms with Gasteiger partial charge in [-0.2, -0.15) is 10.2 Å². The molecule has 10 heavy (non-hydrogen) atoms. The number of aliphatic carboxylic acids is 1. The van der Waals surface area contributed by atoms with Crippen LogP contribution < -0.4 is 5.84 Å². The first-order valence-corrected chi connectivity index (χ1v) is 2.50. The van der Waals surface area contributed by atoms with E-state index in [0.717, 1.165) is 0 Å². The lowest BCUT2D eigenvalue weighted by Crippen LogP contribution is -1.99. The molecule has 0 spiro atoms. The molecule has 0 atom stereocenters. The topological polar surface area (TPSA) is 100 Å². The van der Waals surface area contributed by atoms with Gasteiger partial charge in [0.25, 0.3) is 0 Å². The van der Waals surface area contributed by atoms with Gasteiger partial charge in [-0.05, 0) is 6.92 Å². The minimum atomic E-state index is -1.03. The van der Waals surface area contributed by atoms with E-state index in [0.29, 0.717) is 0 Å². The van der Waals surface area contributed by atoms with Crippen LogP contribution in [0.5, 0.6) is 0 Å². The third-order valence-corrected chi connectivity index (χ3v) is 0.608. The van der Waals surface area contributed by atoms with Crippen LogP contribution in [0.25, 0.3) is 0 Å². The lowest BCUT2D eigenvalue weighted by Gasteiger charge is -1.84. The van der Waals surface area contributed by atoms with Crippen molar-refractivity contribution in [1.82, 2.24) is 0 Å². The SMILES string of the molecule is CC(N=NCC(=O)O)=NN. The Morgan fingerprint density at radius 2 is 2.30 bits per heavy atom. The van der Waals surface area contributed by atoms with Crippen LogP contribution in [0, 0.1) is 0 Å². The molecule has 0 rings (SSSR count). The number of hydrogen-bond donors (Lipinski definition) is 2. The maximum atomic E-state index is 9.84. The molecule has 0 heterocycles. The zero-order chi connectivity index (χ0) is 7.98. The molecular formula is C4H8N4O2. The van der Waals surface area contributed by atoms with Gasteiger partial charge >= 0.3 is 5.97 Å². The van der Waals surface area contributed by atoms with Crippen LogP contribution in [0.15, 0.2) is 15.3 Å². The average Bonchev–Trinajstić information content (AvgIpc) is 1.87. The largest absolute Gasteiger partial charge is 0.480 e. The Morgan fingerprint density at radius 1 is 1.70 bits per heavy atom. The molecule has 0 fully saturated rings. The summed E-state index contributed by atoms with van der Waals surface area (Å²) in [6.07, 6.45) is 0. The van der Waals surface area contributed by atoms with Crippen molar-refractivity contribution in [2.24, 2.45) is 21.2 Å². The maximum absolute atomic E-state index is 9.84. The molecule has 56 valence electrons. The van der Waals surface area contributed by atoms with Gasteiger partial charge in [0, 0.05) is 0 Å². The summed E-state index contributed by atoms with van der Waals surface area (Å²) in [6, 6.07) is 0. The van der Waals surface area contributed by atoms with Gasteiger partial charge in [-0.25, -0.2) is 0 Å². The minimum absolute atomic E-state index is 0.251.